The fraction of sp³-hybridized carbons (Fsp3) is 0.250. The summed E-state index contributed by atoms with van der Waals surface area (Å²) in [7, 11) is 1.90. The Hall–Kier alpha value is -1.29. The maximum absolute atomic E-state index is 5.74. The van der Waals surface area contributed by atoms with E-state index in [0.717, 1.165) is 22.2 Å². The minimum atomic E-state index is 0.553. The standard InChI is InChI=1S/C12H13BrN2O/c1-15-8-10(7-14-15)9-16-12-5-3-2-4-11(12)6-13/h2-5,7-8H,6,9H2,1H3. The molecule has 0 aliphatic rings. The van der Waals surface area contributed by atoms with Gasteiger partial charge in [-0.25, -0.2) is 0 Å². The number of hydrogen-bond donors (Lipinski definition) is 0. The molecule has 0 saturated heterocycles. The van der Waals surface area contributed by atoms with E-state index in [4.69, 9.17) is 4.74 Å². The number of para-hydroxylation sites is 1. The van der Waals surface area contributed by atoms with E-state index < -0.39 is 0 Å². The van der Waals surface area contributed by atoms with Gasteiger partial charge in [0, 0.05) is 29.7 Å². The van der Waals surface area contributed by atoms with E-state index in [9.17, 15) is 0 Å². The molecule has 1 heterocycles. The second-order valence-corrected chi connectivity index (χ2v) is 4.11. The van der Waals surface area contributed by atoms with Crippen molar-refractivity contribution in [1.82, 2.24) is 9.78 Å². The van der Waals surface area contributed by atoms with Crippen molar-refractivity contribution < 1.29 is 4.74 Å². The summed E-state index contributed by atoms with van der Waals surface area (Å²) in [4.78, 5) is 0. The SMILES string of the molecule is Cn1cc(COc2ccccc2CBr)cn1. The molecular weight excluding hydrogens is 268 g/mol. The zero-order valence-corrected chi connectivity index (χ0v) is 10.6. The molecule has 1 aromatic heterocycles. The lowest BCUT2D eigenvalue weighted by Gasteiger charge is -2.08. The molecule has 0 aliphatic carbocycles. The molecule has 84 valence electrons. The predicted octanol–water partition coefficient (Wildman–Crippen LogP) is 2.89. The van der Waals surface area contributed by atoms with E-state index in [1.807, 2.05) is 43.7 Å². The van der Waals surface area contributed by atoms with Crippen LogP contribution < -0.4 is 4.74 Å². The Labute approximate surface area is 103 Å². The lowest BCUT2D eigenvalue weighted by atomic mass is 10.2. The van der Waals surface area contributed by atoms with E-state index >= 15 is 0 Å². The number of benzene rings is 1. The number of halogens is 1. The van der Waals surface area contributed by atoms with Gasteiger partial charge in [0.15, 0.2) is 0 Å². The summed E-state index contributed by atoms with van der Waals surface area (Å²) in [5.74, 6) is 0.920. The summed E-state index contributed by atoms with van der Waals surface area (Å²) in [6.45, 7) is 0.553. The number of ether oxygens (including phenoxy) is 1. The highest BCUT2D eigenvalue weighted by molar-refractivity contribution is 9.08. The zero-order valence-electron chi connectivity index (χ0n) is 9.06. The third-order valence-electron chi connectivity index (χ3n) is 2.27. The van der Waals surface area contributed by atoms with Crippen molar-refractivity contribution in [3.63, 3.8) is 0 Å². The van der Waals surface area contributed by atoms with Gasteiger partial charge in [-0.2, -0.15) is 5.10 Å². The first-order valence-electron chi connectivity index (χ1n) is 5.04. The Balaban J connectivity index is 2.04. The Kier molecular flexibility index (Phi) is 3.62. The number of rotatable bonds is 4. The first-order valence-corrected chi connectivity index (χ1v) is 6.16. The maximum Gasteiger partial charge on any atom is 0.123 e. The molecule has 3 nitrogen and oxygen atoms in total. The summed E-state index contributed by atoms with van der Waals surface area (Å²) in [5, 5.41) is 4.90. The Morgan fingerprint density at radius 1 is 1.38 bits per heavy atom. The molecule has 0 radical (unpaired) electrons. The van der Waals surface area contributed by atoms with Gasteiger partial charge >= 0.3 is 0 Å². The summed E-state index contributed by atoms with van der Waals surface area (Å²) in [6, 6.07) is 8.01. The second-order valence-electron chi connectivity index (χ2n) is 3.55. The average molecular weight is 281 g/mol. The Bertz CT molecular complexity index is 468. The van der Waals surface area contributed by atoms with Crippen LogP contribution in [-0.2, 0) is 19.0 Å². The number of hydrogen-bond acceptors (Lipinski definition) is 2. The van der Waals surface area contributed by atoms with Crippen molar-refractivity contribution in [3.05, 3.63) is 47.8 Å². The molecule has 0 bridgehead atoms. The first-order chi connectivity index (χ1) is 7.79. The van der Waals surface area contributed by atoms with Gasteiger partial charge in [-0.15, -0.1) is 0 Å². The van der Waals surface area contributed by atoms with Crippen molar-refractivity contribution >= 4 is 15.9 Å². The maximum atomic E-state index is 5.74. The molecule has 1 aromatic carbocycles. The van der Waals surface area contributed by atoms with Gasteiger partial charge in [0.2, 0.25) is 0 Å². The highest BCUT2D eigenvalue weighted by Gasteiger charge is 2.02. The molecule has 2 rings (SSSR count). The highest BCUT2D eigenvalue weighted by atomic mass is 79.9. The van der Waals surface area contributed by atoms with Crippen LogP contribution in [-0.4, -0.2) is 9.78 Å². The van der Waals surface area contributed by atoms with Gasteiger partial charge in [-0.05, 0) is 6.07 Å². The molecule has 16 heavy (non-hydrogen) atoms. The van der Waals surface area contributed by atoms with E-state index in [1.165, 1.54) is 0 Å². The molecule has 0 atom stereocenters. The number of nitrogens with zero attached hydrogens (tertiary/aromatic N) is 2. The molecule has 0 N–H and O–H groups in total. The van der Waals surface area contributed by atoms with E-state index in [1.54, 1.807) is 4.68 Å². The van der Waals surface area contributed by atoms with Gasteiger partial charge in [0.05, 0.1) is 6.20 Å². The van der Waals surface area contributed by atoms with Crippen molar-refractivity contribution in [2.24, 2.45) is 7.05 Å². The summed E-state index contributed by atoms with van der Waals surface area (Å²) >= 11 is 3.44. The molecule has 4 heteroatoms. The molecule has 0 unspecified atom stereocenters. The minimum absolute atomic E-state index is 0.553. The Morgan fingerprint density at radius 2 is 2.19 bits per heavy atom. The van der Waals surface area contributed by atoms with Crippen LogP contribution in [0.15, 0.2) is 36.7 Å². The van der Waals surface area contributed by atoms with Crippen LogP contribution in [0.5, 0.6) is 5.75 Å². The Morgan fingerprint density at radius 3 is 2.88 bits per heavy atom. The van der Waals surface area contributed by atoms with Gasteiger partial charge < -0.3 is 4.74 Å². The minimum Gasteiger partial charge on any atom is -0.488 e. The van der Waals surface area contributed by atoms with E-state index in [0.29, 0.717) is 6.61 Å². The number of alkyl halides is 1. The van der Waals surface area contributed by atoms with Crippen LogP contribution >= 0.6 is 15.9 Å². The number of aryl methyl sites for hydroxylation is 1. The second kappa shape index (κ2) is 5.16. The summed E-state index contributed by atoms with van der Waals surface area (Å²) in [6.07, 6.45) is 3.77. The van der Waals surface area contributed by atoms with Crippen LogP contribution in [0.1, 0.15) is 11.1 Å². The normalized spacial score (nSPS) is 10.4. The van der Waals surface area contributed by atoms with Crippen molar-refractivity contribution in [3.8, 4) is 5.75 Å². The predicted molar refractivity (Wildman–Crippen MR) is 66.6 cm³/mol. The van der Waals surface area contributed by atoms with Gasteiger partial charge in [-0.3, -0.25) is 4.68 Å². The smallest absolute Gasteiger partial charge is 0.123 e. The van der Waals surface area contributed by atoms with Crippen LogP contribution in [0, 0.1) is 0 Å². The molecule has 2 aromatic rings. The van der Waals surface area contributed by atoms with Crippen molar-refractivity contribution in [2.45, 2.75) is 11.9 Å². The van der Waals surface area contributed by atoms with Crippen LogP contribution in [0.3, 0.4) is 0 Å². The molecule has 0 spiro atoms. The summed E-state index contributed by atoms with van der Waals surface area (Å²) in [5.41, 5.74) is 2.23. The molecular formula is C12H13BrN2O. The lowest BCUT2D eigenvalue weighted by molar-refractivity contribution is 0.304. The third-order valence-corrected chi connectivity index (χ3v) is 2.87. The highest BCUT2D eigenvalue weighted by Crippen LogP contribution is 2.21. The topological polar surface area (TPSA) is 27.1 Å². The lowest BCUT2D eigenvalue weighted by Crippen LogP contribution is -1.96. The average Bonchev–Trinajstić information content (AvgIpc) is 2.73. The van der Waals surface area contributed by atoms with Gasteiger partial charge in [0.1, 0.15) is 12.4 Å². The number of aromatic nitrogens is 2. The van der Waals surface area contributed by atoms with Gasteiger partial charge in [-0.1, -0.05) is 34.1 Å². The van der Waals surface area contributed by atoms with Crippen molar-refractivity contribution in [1.29, 1.82) is 0 Å². The molecule has 0 saturated carbocycles. The monoisotopic (exact) mass is 280 g/mol. The molecule has 0 aliphatic heterocycles. The van der Waals surface area contributed by atoms with Crippen molar-refractivity contribution in [2.75, 3.05) is 0 Å². The molecule has 0 amide bonds. The van der Waals surface area contributed by atoms with E-state index in [-0.39, 0.29) is 0 Å². The summed E-state index contributed by atoms with van der Waals surface area (Å²) < 4.78 is 7.52. The third kappa shape index (κ3) is 2.64. The van der Waals surface area contributed by atoms with Gasteiger partial charge in [0.25, 0.3) is 0 Å². The fourth-order valence-corrected chi connectivity index (χ4v) is 1.93. The van der Waals surface area contributed by atoms with E-state index in [2.05, 4.69) is 21.0 Å². The van der Waals surface area contributed by atoms with Crippen LogP contribution in [0.25, 0.3) is 0 Å². The molecule has 0 fully saturated rings. The first kappa shape index (κ1) is 11.2. The van der Waals surface area contributed by atoms with Crippen LogP contribution in [0.4, 0.5) is 0 Å². The zero-order chi connectivity index (χ0) is 11.4. The van der Waals surface area contributed by atoms with Crippen LogP contribution in [0.2, 0.25) is 0 Å². The fourth-order valence-electron chi connectivity index (χ4n) is 1.46. The largest absolute Gasteiger partial charge is 0.488 e. The quantitative estimate of drug-likeness (QED) is 0.806.